The first kappa shape index (κ1) is 14.7. The highest BCUT2D eigenvalue weighted by atomic mass is 16.5. The van der Waals surface area contributed by atoms with Gasteiger partial charge in [-0.2, -0.15) is 0 Å². The molecule has 2 aromatic rings. The summed E-state index contributed by atoms with van der Waals surface area (Å²) in [5, 5.41) is 2.89. The molecule has 1 N–H and O–H groups in total. The molecule has 1 aromatic carbocycles. The Balaban J connectivity index is 2.17. The summed E-state index contributed by atoms with van der Waals surface area (Å²) in [5.74, 6) is -1.01. The molecule has 7 nitrogen and oxygen atoms in total. The molecular weight excluding hydrogens is 274 g/mol. The van der Waals surface area contributed by atoms with E-state index in [1.165, 1.54) is 24.9 Å². The number of carbonyl (C=O) groups excluding carboxylic acids is 2. The Bertz CT molecular complexity index is 738. The Morgan fingerprint density at radius 1 is 1.38 bits per heavy atom. The second-order valence-corrected chi connectivity index (χ2v) is 4.51. The third-order valence-electron chi connectivity index (χ3n) is 2.98. The summed E-state index contributed by atoms with van der Waals surface area (Å²) in [7, 11) is 1.24. The van der Waals surface area contributed by atoms with Gasteiger partial charge in [0.05, 0.1) is 24.3 Å². The summed E-state index contributed by atoms with van der Waals surface area (Å²) in [6.45, 7) is 1.29. The van der Waals surface area contributed by atoms with Crippen LogP contribution < -0.4 is 10.9 Å². The molecule has 0 fully saturated rings. The van der Waals surface area contributed by atoms with E-state index in [-0.39, 0.29) is 12.1 Å². The number of nitrogens with zero attached hydrogens (tertiary/aromatic N) is 2. The lowest BCUT2D eigenvalue weighted by Crippen LogP contribution is -2.42. The Labute approximate surface area is 120 Å². The van der Waals surface area contributed by atoms with Crippen molar-refractivity contribution in [2.75, 3.05) is 7.11 Å². The van der Waals surface area contributed by atoms with E-state index in [1.54, 1.807) is 24.3 Å². The number of para-hydroxylation sites is 1. The number of hydrogen-bond acceptors (Lipinski definition) is 5. The molecule has 0 aliphatic heterocycles. The van der Waals surface area contributed by atoms with Crippen molar-refractivity contribution in [3.8, 4) is 0 Å². The summed E-state index contributed by atoms with van der Waals surface area (Å²) < 4.78 is 5.71. The Morgan fingerprint density at radius 3 is 2.81 bits per heavy atom. The van der Waals surface area contributed by atoms with Crippen molar-refractivity contribution >= 4 is 22.8 Å². The minimum absolute atomic E-state index is 0.210. The smallest absolute Gasteiger partial charge is 0.328 e. The van der Waals surface area contributed by atoms with Gasteiger partial charge in [0.15, 0.2) is 0 Å². The molecule has 1 atom stereocenters. The summed E-state index contributed by atoms with van der Waals surface area (Å²) in [4.78, 5) is 39.4. The van der Waals surface area contributed by atoms with Gasteiger partial charge in [0.1, 0.15) is 12.6 Å². The molecule has 0 bridgehead atoms. The first-order valence-electron chi connectivity index (χ1n) is 6.34. The summed E-state index contributed by atoms with van der Waals surface area (Å²) in [6, 6.07) is 6.11. The molecular formula is C14H15N3O4. The van der Waals surface area contributed by atoms with Crippen molar-refractivity contribution < 1.29 is 14.3 Å². The molecule has 1 heterocycles. The van der Waals surface area contributed by atoms with E-state index in [1.807, 2.05) is 0 Å². The number of ether oxygens (including phenoxy) is 1. The molecule has 0 aliphatic rings. The van der Waals surface area contributed by atoms with Crippen molar-refractivity contribution in [2.24, 2.45) is 0 Å². The van der Waals surface area contributed by atoms with Crippen LogP contribution in [0.3, 0.4) is 0 Å². The molecule has 0 saturated heterocycles. The second-order valence-electron chi connectivity index (χ2n) is 4.51. The van der Waals surface area contributed by atoms with Crippen LogP contribution in [0.2, 0.25) is 0 Å². The van der Waals surface area contributed by atoms with Gasteiger partial charge in [-0.3, -0.25) is 14.2 Å². The molecule has 0 aliphatic carbocycles. The van der Waals surface area contributed by atoms with E-state index in [0.717, 1.165) is 0 Å². The van der Waals surface area contributed by atoms with Crippen LogP contribution in [0.4, 0.5) is 0 Å². The predicted molar refractivity (Wildman–Crippen MR) is 75.6 cm³/mol. The zero-order chi connectivity index (χ0) is 15.4. The van der Waals surface area contributed by atoms with Crippen LogP contribution in [0.15, 0.2) is 35.4 Å². The second kappa shape index (κ2) is 6.17. The summed E-state index contributed by atoms with van der Waals surface area (Å²) >= 11 is 0. The number of nitrogens with one attached hydrogen (secondary N) is 1. The molecule has 2 rings (SSSR count). The molecule has 0 saturated carbocycles. The van der Waals surface area contributed by atoms with E-state index in [2.05, 4.69) is 15.0 Å². The van der Waals surface area contributed by atoms with Crippen molar-refractivity contribution in [1.82, 2.24) is 14.9 Å². The number of amides is 1. The maximum absolute atomic E-state index is 12.2. The number of rotatable bonds is 4. The third kappa shape index (κ3) is 3.25. The quantitative estimate of drug-likeness (QED) is 0.805. The fourth-order valence-corrected chi connectivity index (χ4v) is 1.90. The third-order valence-corrected chi connectivity index (χ3v) is 2.98. The minimum Gasteiger partial charge on any atom is -0.467 e. The molecule has 1 unspecified atom stereocenters. The van der Waals surface area contributed by atoms with Crippen LogP contribution in [0.25, 0.3) is 10.9 Å². The number of aromatic nitrogens is 2. The maximum atomic E-state index is 12.2. The highest BCUT2D eigenvalue weighted by Crippen LogP contribution is 2.04. The van der Waals surface area contributed by atoms with Crippen LogP contribution in [-0.4, -0.2) is 34.6 Å². The maximum Gasteiger partial charge on any atom is 0.328 e. The van der Waals surface area contributed by atoms with Gasteiger partial charge in [-0.15, -0.1) is 0 Å². The van der Waals surface area contributed by atoms with Crippen LogP contribution in [-0.2, 0) is 20.9 Å². The number of carbonyl (C=O) groups is 2. The van der Waals surface area contributed by atoms with E-state index in [4.69, 9.17) is 0 Å². The number of methoxy groups -OCH3 is 1. The lowest BCUT2D eigenvalue weighted by molar-refractivity contribution is -0.144. The average molecular weight is 289 g/mol. The van der Waals surface area contributed by atoms with E-state index in [0.29, 0.717) is 10.9 Å². The highest BCUT2D eigenvalue weighted by molar-refractivity contribution is 5.84. The normalized spacial score (nSPS) is 11.9. The molecule has 110 valence electrons. The zero-order valence-corrected chi connectivity index (χ0v) is 11.7. The first-order chi connectivity index (χ1) is 10.0. The summed E-state index contributed by atoms with van der Waals surface area (Å²) in [6.07, 6.45) is 1.31. The van der Waals surface area contributed by atoms with E-state index < -0.39 is 17.9 Å². The fourth-order valence-electron chi connectivity index (χ4n) is 1.90. The Morgan fingerprint density at radius 2 is 2.10 bits per heavy atom. The van der Waals surface area contributed by atoms with Gasteiger partial charge in [0.25, 0.3) is 5.56 Å². The van der Waals surface area contributed by atoms with E-state index in [9.17, 15) is 14.4 Å². The van der Waals surface area contributed by atoms with Gasteiger partial charge in [0.2, 0.25) is 5.91 Å². The van der Waals surface area contributed by atoms with Gasteiger partial charge in [-0.25, -0.2) is 9.78 Å². The topological polar surface area (TPSA) is 90.3 Å². The number of benzene rings is 1. The molecule has 7 heteroatoms. The lowest BCUT2D eigenvalue weighted by Gasteiger charge is -2.12. The number of esters is 1. The molecule has 0 spiro atoms. The van der Waals surface area contributed by atoms with Gasteiger partial charge in [-0.05, 0) is 19.1 Å². The number of fused-ring (bicyclic) bond motifs is 1. The van der Waals surface area contributed by atoms with E-state index >= 15 is 0 Å². The van der Waals surface area contributed by atoms with Gasteiger partial charge in [0, 0.05) is 0 Å². The molecule has 21 heavy (non-hydrogen) atoms. The highest BCUT2D eigenvalue weighted by Gasteiger charge is 2.16. The van der Waals surface area contributed by atoms with Crippen molar-refractivity contribution in [2.45, 2.75) is 19.5 Å². The van der Waals surface area contributed by atoms with Crippen LogP contribution in [0, 0.1) is 0 Å². The molecule has 1 aromatic heterocycles. The standard InChI is InChI=1S/C14H15N3O4/c1-9(14(20)21-2)16-12(18)7-17-8-15-11-6-4-3-5-10(11)13(17)19/h3-6,8-9H,7H2,1-2H3,(H,16,18). The van der Waals surface area contributed by atoms with Crippen LogP contribution in [0.1, 0.15) is 6.92 Å². The Hall–Kier alpha value is -2.70. The summed E-state index contributed by atoms with van der Waals surface area (Å²) in [5.41, 5.74) is 0.267. The van der Waals surface area contributed by atoms with Crippen molar-refractivity contribution in [1.29, 1.82) is 0 Å². The van der Waals surface area contributed by atoms with Gasteiger partial charge >= 0.3 is 5.97 Å². The SMILES string of the molecule is COC(=O)C(C)NC(=O)Cn1cnc2ccccc2c1=O. The molecule has 1 amide bonds. The van der Waals surface area contributed by atoms with Crippen LogP contribution in [0.5, 0.6) is 0 Å². The predicted octanol–water partition coefficient (Wildman–Crippen LogP) is 0.0742. The first-order valence-corrected chi connectivity index (χ1v) is 6.34. The van der Waals surface area contributed by atoms with Gasteiger partial charge < -0.3 is 10.1 Å². The minimum atomic E-state index is -0.772. The van der Waals surface area contributed by atoms with Crippen LogP contribution >= 0.6 is 0 Å². The average Bonchev–Trinajstić information content (AvgIpc) is 2.49. The molecule has 0 radical (unpaired) electrons. The Kier molecular flexibility index (Phi) is 4.32. The van der Waals surface area contributed by atoms with Gasteiger partial charge in [-0.1, -0.05) is 12.1 Å². The number of hydrogen-bond donors (Lipinski definition) is 1. The van der Waals surface area contributed by atoms with Crippen molar-refractivity contribution in [3.05, 3.63) is 40.9 Å². The van der Waals surface area contributed by atoms with Crippen molar-refractivity contribution in [3.63, 3.8) is 0 Å². The lowest BCUT2D eigenvalue weighted by atomic mass is 10.2. The zero-order valence-electron chi connectivity index (χ0n) is 11.7. The monoisotopic (exact) mass is 289 g/mol. The largest absolute Gasteiger partial charge is 0.467 e. The fraction of sp³-hybridized carbons (Fsp3) is 0.286.